The van der Waals surface area contributed by atoms with Crippen LogP contribution in [0.1, 0.15) is 37.7 Å². The van der Waals surface area contributed by atoms with Crippen LogP contribution in [0.2, 0.25) is 0 Å². The molecule has 3 heteroatoms. The first-order valence-electron chi connectivity index (χ1n) is 7.26. The summed E-state index contributed by atoms with van der Waals surface area (Å²) >= 11 is 0. The molecular formula is C16H24O3. The molecule has 0 spiro atoms. The van der Waals surface area contributed by atoms with E-state index in [1.54, 1.807) is 0 Å². The molecule has 1 saturated heterocycles. The summed E-state index contributed by atoms with van der Waals surface area (Å²) in [5.74, 6) is 0. The van der Waals surface area contributed by atoms with E-state index in [1.807, 2.05) is 6.07 Å². The molecular weight excluding hydrogens is 240 g/mol. The summed E-state index contributed by atoms with van der Waals surface area (Å²) in [6.45, 7) is 0.0115. The van der Waals surface area contributed by atoms with Crippen molar-refractivity contribution in [2.24, 2.45) is 0 Å². The third-order valence-corrected chi connectivity index (χ3v) is 3.74. The molecule has 1 aliphatic rings. The normalized spacial score (nSPS) is 27.4. The minimum Gasteiger partial charge on any atom is -0.394 e. The monoisotopic (exact) mass is 264 g/mol. The quantitative estimate of drug-likeness (QED) is 0.775. The molecule has 0 radical (unpaired) electrons. The maximum absolute atomic E-state index is 9.72. The molecule has 19 heavy (non-hydrogen) atoms. The van der Waals surface area contributed by atoms with Crippen LogP contribution in [-0.2, 0) is 11.2 Å². The topological polar surface area (TPSA) is 49.7 Å². The van der Waals surface area contributed by atoms with Crippen molar-refractivity contribution in [1.82, 2.24) is 0 Å². The van der Waals surface area contributed by atoms with Crippen LogP contribution in [0.15, 0.2) is 30.3 Å². The van der Waals surface area contributed by atoms with Crippen LogP contribution in [-0.4, -0.2) is 35.1 Å². The van der Waals surface area contributed by atoms with E-state index in [2.05, 4.69) is 24.3 Å². The lowest BCUT2D eigenvalue weighted by atomic mass is 9.97. The fourth-order valence-corrected chi connectivity index (χ4v) is 2.74. The highest BCUT2D eigenvalue weighted by atomic mass is 16.5. The van der Waals surface area contributed by atoms with E-state index in [1.165, 1.54) is 5.56 Å². The Labute approximate surface area is 115 Å². The number of unbranched alkanes of at least 4 members (excludes halogenated alkanes) is 1. The van der Waals surface area contributed by atoms with E-state index >= 15 is 0 Å². The first-order valence-corrected chi connectivity index (χ1v) is 7.26. The number of aliphatic hydroxyl groups is 2. The van der Waals surface area contributed by atoms with Crippen molar-refractivity contribution >= 4 is 0 Å². The van der Waals surface area contributed by atoms with E-state index in [4.69, 9.17) is 9.84 Å². The molecule has 0 unspecified atom stereocenters. The van der Waals surface area contributed by atoms with Crippen molar-refractivity contribution < 1.29 is 14.9 Å². The van der Waals surface area contributed by atoms with Crippen LogP contribution in [0.5, 0.6) is 0 Å². The number of hydrogen-bond acceptors (Lipinski definition) is 3. The number of rotatable bonds is 6. The number of aryl methyl sites for hydroxylation is 1. The van der Waals surface area contributed by atoms with Gasteiger partial charge in [0, 0.05) is 6.42 Å². The zero-order valence-corrected chi connectivity index (χ0v) is 11.4. The third kappa shape index (κ3) is 4.94. The van der Waals surface area contributed by atoms with Gasteiger partial charge in [-0.1, -0.05) is 36.8 Å². The van der Waals surface area contributed by atoms with Crippen LogP contribution in [0.4, 0.5) is 0 Å². The van der Waals surface area contributed by atoms with Gasteiger partial charge in [-0.05, 0) is 31.2 Å². The van der Waals surface area contributed by atoms with Crippen LogP contribution in [0.3, 0.4) is 0 Å². The lowest BCUT2D eigenvalue weighted by Crippen LogP contribution is -2.37. The Balaban J connectivity index is 1.65. The number of benzene rings is 1. The Kier molecular flexibility index (Phi) is 5.83. The minimum atomic E-state index is -0.315. The van der Waals surface area contributed by atoms with E-state index in [0.29, 0.717) is 12.8 Å². The summed E-state index contributed by atoms with van der Waals surface area (Å²) in [5.41, 5.74) is 1.38. The standard InChI is InChI=1S/C16H24O3/c17-12-16-11-14(18)10-15(19-16)9-5-4-8-13-6-2-1-3-7-13/h1-3,6-7,14-18H,4-5,8-12H2/t14-,15+,16+/m0/s1. The van der Waals surface area contributed by atoms with E-state index in [9.17, 15) is 5.11 Å². The van der Waals surface area contributed by atoms with Gasteiger partial charge in [0.2, 0.25) is 0 Å². The van der Waals surface area contributed by atoms with E-state index in [0.717, 1.165) is 25.7 Å². The highest BCUT2D eigenvalue weighted by Gasteiger charge is 2.27. The predicted octanol–water partition coefficient (Wildman–Crippen LogP) is 2.30. The number of hydrogen-bond donors (Lipinski definition) is 2. The summed E-state index contributed by atoms with van der Waals surface area (Å²) in [6.07, 6.45) is 5.21. The average molecular weight is 264 g/mol. The smallest absolute Gasteiger partial charge is 0.0834 e. The van der Waals surface area contributed by atoms with Crippen molar-refractivity contribution in [3.05, 3.63) is 35.9 Å². The van der Waals surface area contributed by atoms with Gasteiger partial charge in [-0.2, -0.15) is 0 Å². The van der Waals surface area contributed by atoms with Gasteiger partial charge >= 0.3 is 0 Å². The van der Waals surface area contributed by atoms with Crippen molar-refractivity contribution in [2.75, 3.05) is 6.61 Å². The van der Waals surface area contributed by atoms with E-state index in [-0.39, 0.29) is 24.9 Å². The second-order valence-electron chi connectivity index (χ2n) is 5.42. The molecule has 3 atom stereocenters. The molecule has 1 aromatic carbocycles. The highest BCUT2D eigenvalue weighted by Crippen LogP contribution is 2.23. The molecule has 0 aromatic heterocycles. The van der Waals surface area contributed by atoms with Gasteiger partial charge < -0.3 is 14.9 Å². The summed E-state index contributed by atoms with van der Waals surface area (Å²) in [7, 11) is 0. The number of aliphatic hydroxyl groups excluding tert-OH is 2. The maximum Gasteiger partial charge on any atom is 0.0834 e. The van der Waals surface area contributed by atoms with Crippen LogP contribution in [0.25, 0.3) is 0 Å². The largest absolute Gasteiger partial charge is 0.394 e. The maximum atomic E-state index is 9.72. The average Bonchev–Trinajstić information content (AvgIpc) is 2.44. The van der Waals surface area contributed by atoms with Crippen molar-refractivity contribution in [2.45, 2.75) is 56.8 Å². The Bertz CT molecular complexity index is 352. The molecule has 1 fully saturated rings. The molecule has 3 nitrogen and oxygen atoms in total. The summed E-state index contributed by atoms with van der Waals surface area (Å²) < 4.78 is 5.75. The van der Waals surface area contributed by atoms with Crippen LogP contribution < -0.4 is 0 Å². The molecule has 0 saturated carbocycles. The summed E-state index contributed by atoms with van der Waals surface area (Å²) in [5, 5.41) is 18.8. The van der Waals surface area contributed by atoms with Gasteiger partial charge in [-0.3, -0.25) is 0 Å². The zero-order chi connectivity index (χ0) is 13.5. The van der Waals surface area contributed by atoms with Gasteiger partial charge in [0.05, 0.1) is 24.9 Å². The van der Waals surface area contributed by atoms with Crippen molar-refractivity contribution in [3.8, 4) is 0 Å². The Morgan fingerprint density at radius 2 is 1.79 bits per heavy atom. The van der Waals surface area contributed by atoms with Crippen molar-refractivity contribution in [1.29, 1.82) is 0 Å². The van der Waals surface area contributed by atoms with Gasteiger partial charge in [0.1, 0.15) is 0 Å². The van der Waals surface area contributed by atoms with Gasteiger partial charge in [0.15, 0.2) is 0 Å². The Morgan fingerprint density at radius 3 is 2.53 bits per heavy atom. The first-order chi connectivity index (χ1) is 9.28. The SMILES string of the molecule is OC[C@H]1C[C@@H](O)C[C@@H](CCCCc2ccccc2)O1. The molecule has 2 rings (SSSR count). The first kappa shape index (κ1) is 14.5. The lowest BCUT2D eigenvalue weighted by molar-refractivity contribution is -0.114. The molecule has 1 aliphatic heterocycles. The molecule has 1 aromatic rings. The number of ether oxygens (including phenoxy) is 1. The Hall–Kier alpha value is -0.900. The minimum absolute atomic E-state index is 0.0115. The zero-order valence-electron chi connectivity index (χ0n) is 11.4. The molecule has 2 N–H and O–H groups in total. The van der Waals surface area contributed by atoms with Gasteiger partial charge in [-0.25, -0.2) is 0 Å². The van der Waals surface area contributed by atoms with Crippen LogP contribution >= 0.6 is 0 Å². The second kappa shape index (κ2) is 7.63. The summed E-state index contributed by atoms with van der Waals surface area (Å²) in [4.78, 5) is 0. The molecule has 106 valence electrons. The molecule has 0 aliphatic carbocycles. The lowest BCUT2D eigenvalue weighted by Gasteiger charge is -2.32. The Morgan fingerprint density at radius 1 is 1.05 bits per heavy atom. The summed E-state index contributed by atoms with van der Waals surface area (Å²) in [6, 6.07) is 10.5. The molecule has 0 amide bonds. The fraction of sp³-hybridized carbons (Fsp3) is 0.625. The third-order valence-electron chi connectivity index (χ3n) is 3.74. The fourth-order valence-electron chi connectivity index (χ4n) is 2.74. The predicted molar refractivity (Wildman–Crippen MR) is 75.0 cm³/mol. The molecule has 1 heterocycles. The molecule has 0 bridgehead atoms. The second-order valence-corrected chi connectivity index (χ2v) is 5.42. The highest BCUT2D eigenvalue weighted by molar-refractivity contribution is 5.14. The van der Waals surface area contributed by atoms with Gasteiger partial charge in [-0.15, -0.1) is 0 Å². The van der Waals surface area contributed by atoms with Crippen molar-refractivity contribution in [3.63, 3.8) is 0 Å². The van der Waals surface area contributed by atoms with Crippen LogP contribution in [0, 0.1) is 0 Å². The van der Waals surface area contributed by atoms with Gasteiger partial charge in [0.25, 0.3) is 0 Å². The van der Waals surface area contributed by atoms with E-state index < -0.39 is 0 Å².